The molecule has 0 fully saturated rings. The predicted octanol–water partition coefficient (Wildman–Crippen LogP) is 0.528. The zero-order valence-electron chi connectivity index (χ0n) is 10.6. The molecule has 0 atom stereocenters. The summed E-state index contributed by atoms with van der Waals surface area (Å²) in [5.41, 5.74) is 0.997. The quantitative estimate of drug-likeness (QED) is 0.812. The maximum Gasteiger partial charge on any atom is 0.277 e. The molecule has 0 radical (unpaired) electrons. The monoisotopic (exact) mass is 259 g/mol. The van der Waals surface area contributed by atoms with Crippen LogP contribution in [0.1, 0.15) is 16.1 Å². The highest BCUT2D eigenvalue weighted by Gasteiger charge is 2.19. The van der Waals surface area contributed by atoms with Crippen molar-refractivity contribution in [2.45, 2.75) is 0 Å². The lowest BCUT2D eigenvalue weighted by atomic mass is 10.2. The van der Waals surface area contributed by atoms with E-state index in [-0.39, 0.29) is 17.5 Å². The first-order valence-electron chi connectivity index (χ1n) is 5.57. The lowest BCUT2D eigenvalue weighted by Gasteiger charge is -2.00. The number of nitrogens with one attached hydrogen (secondary N) is 1. The summed E-state index contributed by atoms with van der Waals surface area (Å²) in [7, 11) is 2.94. The SMILES string of the molecule is CNC(=O)c1nnn(N=Cc2ccccc2)c1OC. The Morgan fingerprint density at radius 3 is 2.79 bits per heavy atom. The van der Waals surface area contributed by atoms with Gasteiger partial charge in [0.05, 0.1) is 13.3 Å². The van der Waals surface area contributed by atoms with Gasteiger partial charge in [0, 0.05) is 7.05 Å². The highest BCUT2D eigenvalue weighted by Crippen LogP contribution is 2.14. The third-order valence-corrected chi connectivity index (χ3v) is 2.36. The maximum atomic E-state index is 11.5. The zero-order valence-corrected chi connectivity index (χ0v) is 10.6. The molecule has 0 unspecified atom stereocenters. The van der Waals surface area contributed by atoms with Crippen LogP contribution in [0.15, 0.2) is 35.4 Å². The molecule has 0 aliphatic rings. The normalized spacial score (nSPS) is 10.6. The number of aromatic nitrogens is 3. The number of nitrogens with zero attached hydrogens (tertiary/aromatic N) is 4. The lowest BCUT2D eigenvalue weighted by molar-refractivity contribution is 0.0954. The van der Waals surface area contributed by atoms with E-state index in [9.17, 15) is 4.79 Å². The molecular weight excluding hydrogens is 246 g/mol. The molecule has 0 spiro atoms. The van der Waals surface area contributed by atoms with Gasteiger partial charge in [-0.1, -0.05) is 35.1 Å². The average Bonchev–Trinajstić information content (AvgIpc) is 2.88. The van der Waals surface area contributed by atoms with Crippen LogP contribution in [-0.4, -0.2) is 41.4 Å². The molecule has 0 saturated heterocycles. The van der Waals surface area contributed by atoms with Gasteiger partial charge in [-0.15, -0.1) is 5.10 Å². The van der Waals surface area contributed by atoms with Crippen LogP contribution >= 0.6 is 0 Å². The molecule has 1 aromatic heterocycles. The van der Waals surface area contributed by atoms with Crippen LogP contribution in [0.2, 0.25) is 0 Å². The van der Waals surface area contributed by atoms with Crippen LogP contribution < -0.4 is 10.1 Å². The number of hydrogen-bond acceptors (Lipinski definition) is 5. The van der Waals surface area contributed by atoms with E-state index in [4.69, 9.17) is 4.74 Å². The van der Waals surface area contributed by atoms with Gasteiger partial charge in [-0.05, 0) is 10.8 Å². The Hall–Kier alpha value is -2.70. The minimum atomic E-state index is -0.377. The smallest absolute Gasteiger partial charge is 0.277 e. The molecule has 2 aromatic rings. The second kappa shape index (κ2) is 5.76. The molecule has 1 heterocycles. The summed E-state index contributed by atoms with van der Waals surface area (Å²) in [5, 5.41) is 14.0. The van der Waals surface area contributed by atoms with Crippen molar-refractivity contribution in [3.8, 4) is 5.88 Å². The van der Waals surface area contributed by atoms with Gasteiger partial charge in [-0.25, -0.2) is 0 Å². The first kappa shape index (κ1) is 12.7. The molecular formula is C12H13N5O2. The Kier molecular flexibility index (Phi) is 3.87. The highest BCUT2D eigenvalue weighted by molar-refractivity contribution is 5.94. The maximum absolute atomic E-state index is 11.5. The van der Waals surface area contributed by atoms with Crippen molar-refractivity contribution in [3.05, 3.63) is 41.6 Å². The number of ether oxygens (including phenoxy) is 1. The van der Waals surface area contributed by atoms with Crippen molar-refractivity contribution >= 4 is 12.1 Å². The lowest BCUT2D eigenvalue weighted by Crippen LogP contribution is -2.19. The van der Waals surface area contributed by atoms with E-state index >= 15 is 0 Å². The topological polar surface area (TPSA) is 81.4 Å². The molecule has 1 amide bonds. The highest BCUT2D eigenvalue weighted by atomic mass is 16.5. The number of carbonyl (C=O) groups is 1. The van der Waals surface area contributed by atoms with E-state index in [0.717, 1.165) is 10.4 Å². The number of benzene rings is 1. The van der Waals surface area contributed by atoms with Gasteiger partial charge in [0.1, 0.15) is 0 Å². The fourth-order valence-electron chi connectivity index (χ4n) is 1.44. The van der Waals surface area contributed by atoms with Gasteiger partial charge < -0.3 is 10.1 Å². The second-order valence-electron chi connectivity index (χ2n) is 3.57. The predicted molar refractivity (Wildman–Crippen MR) is 69.4 cm³/mol. The molecule has 0 saturated carbocycles. The first-order chi connectivity index (χ1) is 9.26. The second-order valence-corrected chi connectivity index (χ2v) is 3.57. The third kappa shape index (κ3) is 2.76. The first-order valence-corrected chi connectivity index (χ1v) is 5.57. The van der Waals surface area contributed by atoms with Gasteiger partial charge in [-0.3, -0.25) is 4.79 Å². The molecule has 7 nitrogen and oxygen atoms in total. The third-order valence-electron chi connectivity index (χ3n) is 2.36. The fraction of sp³-hybridized carbons (Fsp3) is 0.167. The number of methoxy groups -OCH3 is 1. The van der Waals surface area contributed by atoms with Crippen LogP contribution in [-0.2, 0) is 0 Å². The van der Waals surface area contributed by atoms with Crippen LogP contribution in [0.3, 0.4) is 0 Å². The van der Waals surface area contributed by atoms with Crippen molar-refractivity contribution in [3.63, 3.8) is 0 Å². The van der Waals surface area contributed by atoms with Crippen LogP contribution in [0.4, 0.5) is 0 Å². The summed E-state index contributed by atoms with van der Waals surface area (Å²) in [6.45, 7) is 0. The minimum Gasteiger partial charge on any atom is -0.478 e. The molecule has 19 heavy (non-hydrogen) atoms. The molecule has 0 aliphatic carbocycles. The number of hydrogen-bond donors (Lipinski definition) is 1. The van der Waals surface area contributed by atoms with Crippen LogP contribution in [0.25, 0.3) is 0 Å². The summed E-state index contributed by atoms with van der Waals surface area (Å²) < 4.78 is 5.09. The van der Waals surface area contributed by atoms with Gasteiger partial charge in [-0.2, -0.15) is 5.10 Å². The summed E-state index contributed by atoms with van der Waals surface area (Å²) in [4.78, 5) is 12.7. The molecule has 7 heteroatoms. The van der Waals surface area contributed by atoms with E-state index in [1.54, 1.807) is 6.21 Å². The largest absolute Gasteiger partial charge is 0.478 e. The Balaban J connectivity index is 2.29. The van der Waals surface area contributed by atoms with E-state index in [1.165, 1.54) is 14.2 Å². The molecule has 1 aromatic carbocycles. The van der Waals surface area contributed by atoms with E-state index < -0.39 is 0 Å². The molecule has 0 bridgehead atoms. The van der Waals surface area contributed by atoms with E-state index in [1.807, 2.05) is 30.3 Å². The van der Waals surface area contributed by atoms with Crippen LogP contribution in [0, 0.1) is 0 Å². The van der Waals surface area contributed by atoms with Crippen molar-refractivity contribution in [1.29, 1.82) is 0 Å². The van der Waals surface area contributed by atoms with Crippen molar-refractivity contribution in [1.82, 2.24) is 20.4 Å². The summed E-state index contributed by atoms with van der Waals surface area (Å²) >= 11 is 0. The van der Waals surface area contributed by atoms with Gasteiger partial charge in [0.15, 0.2) is 0 Å². The molecule has 0 aliphatic heterocycles. The standard InChI is InChI=1S/C12H13N5O2/c1-13-11(18)10-12(19-2)17(16-15-10)14-8-9-6-4-3-5-7-9/h3-8H,1-2H3,(H,13,18). The molecule has 98 valence electrons. The van der Waals surface area contributed by atoms with Crippen molar-refractivity contribution in [2.75, 3.05) is 14.2 Å². The molecule has 2 rings (SSSR count). The Morgan fingerprint density at radius 1 is 1.42 bits per heavy atom. The van der Waals surface area contributed by atoms with Crippen molar-refractivity contribution < 1.29 is 9.53 Å². The average molecular weight is 259 g/mol. The van der Waals surface area contributed by atoms with Gasteiger partial charge in [0.2, 0.25) is 5.69 Å². The Labute approximate surface area is 109 Å². The Morgan fingerprint density at radius 2 is 2.16 bits per heavy atom. The summed E-state index contributed by atoms with van der Waals surface area (Å²) in [6.07, 6.45) is 1.60. The van der Waals surface area contributed by atoms with Crippen molar-refractivity contribution in [2.24, 2.45) is 5.10 Å². The van der Waals surface area contributed by atoms with Crippen LogP contribution in [0.5, 0.6) is 5.88 Å². The molecule has 1 N–H and O–H groups in total. The van der Waals surface area contributed by atoms with Gasteiger partial charge >= 0.3 is 0 Å². The van der Waals surface area contributed by atoms with Gasteiger partial charge in [0.25, 0.3) is 11.8 Å². The number of amides is 1. The fourth-order valence-corrected chi connectivity index (χ4v) is 1.44. The van der Waals surface area contributed by atoms with E-state index in [2.05, 4.69) is 20.7 Å². The van der Waals surface area contributed by atoms with E-state index in [0.29, 0.717) is 0 Å². The summed E-state index contributed by atoms with van der Waals surface area (Å²) in [5.74, 6) is -0.190. The zero-order chi connectivity index (χ0) is 13.7. The Bertz CT molecular complexity index is 591. The number of carbonyl (C=O) groups excluding carboxylic acids is 1. The number of rotatable bonds is 4. The summed E-state index contributed by atoms with van der Waals surface area (Å²) in [6, 6.07) is 9.50. The minimum absolute atomic E-state index is 0.0928.